The molecule has 0 aliphatic rings. The van der Waals surface area contributed by atoms with Crippen LogP contribution in [-0.2, 0) is 14.3 Å². The molecule has 0 heterocycles. The summed E-state index contributed by atoms with van der Waals surface area (Å²) in [5, 5.41) is 8.90. The molecule has 0 aromatic heterocycles. The second-order valence-electron chi connectivity index (χ2n) is 3.67. The fourth-order valence-corrected chi connectivity index (χ4v) is 1.36. The van der Waals surface area contributed by atoms with E-state index in [9.17, 15) is 4.79 Å². The first-order valence-electron chi connectivity index (χ1n) is 5.78. The number of methoxy groups -OCH3 is 2. The Morgan fingerprint density at radius 1 is 1.24 bits per heavy atom. The molecule has 100 valence electrons. The molecule has 0 fully saturated rings. The van der Waals surface area contributed by atoms with Gasteiger partial charge in [-0.2, -0.15) is 0 Å². The van der Waals surface area contributed by atoms with Crippen molar-refractivity contribution in [1.82, 2.24) is 4.90 Å². The number of hydrogen-bond acceptors (Lipinski definition) is 4. The zero-order valence-electron chi connectivity index (χ0n) is 10.9. The summed E-state index contributed by atoms with van der Waals surface area (Å²) < 4.78 is 10.0. The van der Waals surface area contributed by atoms with Gasteiger partial charge in [0.25, 0.3) is 0 Å². The average molecular weight is 245 g/mol. The minimum Gasteiger partial charge on any atom is -0.478 e. The zero-order valence-corrected chi connectivity index (χ0v) is 10.9. The molecule has 0 rings (SSSR count). The molecule has 0 amide bonds. The molecular weight excluding hydrogens is 222 g/mol. The number of nitrogens with zero attached hydrogens (tertiary/aromatic N) is 1. The van der Waals surface area contributed by atoms with E-state index in [0.717, 1.165) is 13.1 Å². The lowest BCUT2D eigenvalue weighted by Crippen LogP contribution is -2.31. The maximum absolute atomic E-state index is 10.8. The van der Waals surface area contributed by atoms with Gasteiger partial charge in [0.1, 0.15) is 0 Å². The first kappa shape index (κ1) is 16.1. The molecule has 0 aliphatic carbocycles. The standard InChI is InChI=1S/C12H23NO4/c1-4-11(12(14)15)5-6-13(7-9-16-2)8-10-17-3/h5H,4,6-10H2,1-3H3,(H,14,15). The lowest BCUT2D eigenvalue weighted by molar-refractivity contribution is -0.132. The topological polar surface area (TPSA) is 59.0 Å². The van der Waals surface area contributed by atoms with Gasteiger partial charge in [0.05, 0.1) is 13.2 Å². The van der Waals surface area contributed by atoms with Crippen molar-refractivity contribution in [3.05, 3.63) is 11.6 Å². The van der Waals surface area contributed by atoms with Gasteiger partial charge in [-0.05, 0) is 6.42 Å². The van der Waals surface area contributed by atoms with E-state index in [0.29, 0.717) is 31.8 Å². The van der Waals surface area contributed by atoms with Gasteiger partial charge in [0, 0.05) is 39.4 Å². The van der Waals surface area contributed by atoms with Crippen LogP contribution in [0.3, 0.4) is 0 Å². The molecule has 0 aromatic carbocycles. The number of rotatable bonds is 10. The smallest absolute Gasteiger partial charge is 0.331 e. The molecule has 0 radical (unpaired) electrons. The van der Waals surface area contributed by atoms with Gasteiger partial charge >= 0.3 is 5.97 Å². The Hall–Kier alpha value is -0.910. The van der Waals surface area contributed by atoms with Gasteiger partial charge < -0.3 is 14.6 Å². The summed E-state index contributed by atoms with van der Waals surface area (Å²) in [5.41, 5.74) is 0.449. The molecular formula is C12H23NO4. The second-order valence-corrected chi connectivity index (χ2v) is 3.67. The van der Waals surface area contributed by atoms with Crippen LogP contribution in [-0.4, -0.2) is 63.0 Å². The van der Waals surface area contributed by atoms with Crippen LogP contribution >= 0.6 is 0 Å². The van der Waals surface area contributed by atoms with E-state index >= 15 is 0 Å². The highest BCUT2D eigenvalue weighted by Gasteiger charge is 2.07. The highest BCUT2D eigenvalue weighted by atomic mass is 16.5. The Morgan fingerprint density at radius 2 is 1.76 bits per heavy atom. The first-order valence-corrected chi connectivity index (χ1v) is 5.78. The third-order valence-electron chi connectivity index (χ3n) is 2.47. The van der Waals surface area contributed by atoms with Crippen molar-refractivity contribution in [3.63, 3.8) is 0 Å². The Morgan fingerprint density at radius 3 is 2.12 bits per heavy atom. The van der Waals surface area contributed by atoms with Crippen molar-refractivity contribution < 1.29 is 19.4 Å². The summed E-state index contributed by atoms with van der Waals surface area (Å²) in [5.74, 6) is -0.842. The fourth-order valence-electron chi connectivity index (χ4n) is 1.36. The maximum Gasteiger partial charge on any atom is 0.331 e. The summed E-state index contributed by atoms with van der Waals surface area (Å²) in [6.07, 6.45) is 2.30. The molecule has 0 atom stereocenters. The van der Waals surface area contributed by atoms with E-state index in [2.05, 4.69) is 4.90 Å². The molecule has 0 spiro atoms. The lowest BCUT2D eigenvalue weighted by Gasteiger charge is -2.20. The van der Waals surface area contributed by atoms with Crippen molar-refractivity contribution in [1.29, 1.82) is 0 Å². The fraction of sp³-hybridized carbons (Fsp3) is 0.750. The SMILES string of the molecule is CCC(=CCN(CCOC)CCOC)C(=O)O. The van der Waals surface area contributed by atoms with Crippen molar-refractivity contribution >= 4 is 5.97 Å². The molecule has 0 aliphatic heterocycles. The van der Waals surface area contributed by atoms with Crippen molar-refractivity contribution in [3.8, 4) is 0 Å². The third kappa shape index (κ3) is 7.90. The van der Waals surface area contributed by atoms with Crippen molar-refractivity contribution in [2.45, 2.75) is 13.3 Å². The van der Waals surface area contributed by atoms with E-state index in [1.807, 2.05) is 6.92 Å². The van der Waals surface area contributed by atoms with Crippen LogP contribution in [0.15, 0.2) is 11.6 Å². The predicted octanol–water partition coefficient (Wildman–Crippen LogP) is 1.00. The lowest BCUT2D eigenvalue weighted by atomic mass is 10.2. The normalized spacial score (nSPS) is 12.1. The zero-order chi connectivity index (χ0) is 13.1. The van der Waals surface area contributed by atoms with Crippen LogP contribution in [0.25, 0.3) is 0 Å². The summed E-state index contributed by atoms with van der Waals surface area (Å²) in [6, 6.07) is 0. The highest BCUT2D eigenvalue weighted by molar-refractivity contribution is 5.86. The first-order chi connectivity index (χ1) is 8.15. The summed E-state index contributed by atoms with van der Waals surface area (Å²) in [4.78, 5) is 12.9. The molecule has 0 saturated heterocycles. The minimum atomic E-state index is -0.842. The largest absolute Gasteiger partial charge is 0.478 e. The summed E-state index contributed by atoms with van der Waals surface area (Å²) in [7, 11) is 3.30. The van der Waals surface area contributed by atoms with Gasteiger partial charge in [0.15, 0.2) is 0 Å². The molecule has 1 N–H and O–H groups in total. The third-order valence-corrected chi connectivity index (χ3v) is 2.47. The number of carboxylic acid groups (broad SMARTS) is 1. The van der Waals surface area contributed by atoms with Gasteiger partial charge in [-0.25, -0.2) is 4.79 Å². The van der Waals surface area contributed by atoms with Crippen LogP contribution in [0.4, 0.5) is 0 Å². The Kier molecular flexibility index (Phi) is 9.71. The summed E-state index contributed by atoms with van der Waals surface area (Å²) >= 11 is 0. The molecule has 0 bridgehead atoms. The molecule has 0 unspecified atom stereocenters. The molecule has 0 aromatic rings. The van der Waals surface area contributed by atoms with E-state index in [-0.39, 0.29) is 0 Å². The van der Waals surface area contributed by atoms with Gasteiger partial charge in [0.2, 0.25) is 0 Å². The van der Waals surface area contributed by atoms with Crippen LogP contribution < -0.4 is 0 Å². The molecule has 17 heavy (non-hydrogen) atoms. The number of aliphatic carboxylic acids is 1. The average Bonchev–Trinajstić information content (AvgIpc) is 2.31. The quantitative estimate of drug-likeness (QED) is 0.582. The Labute approximate surface area is 103 Å². The predicted molar refractivity (Wildman–Crippen MR) is 66.2 cm³/mol. The van der Waals surface area contributed by atoms with E-state index in [1.165, 1.54) is 0 Å². The van der Waals surface area contributed by atoms with Gasteiger partial charge in [-0.3, -0.25) is 4.90 Å². The Bertz CT molecular complexity index is 233. The molecule has 5 heteroatoms. The maximum atomic E-state index is 10.8. The van der Waals surface area contributed by atoms with Crippen LogP contribution in [0.5, 0.6) is 0 Å². The van der Waals surface area contributed by atoms with Crippen LogP contribution in [0.2, 0.25) is 0 Å². The van der Waals surface area contributed by atoms with Gasteiger partial charge in [-0.15, -0.1) is 0 Å². The van der Waals surface area contributed by atoms with Crippen molar-refractivity contribution in [2.75, 3.05) is 47.1 Å². The van der Waals surface area contributed by atoms with Crippen LogP contribution in [0.1, 0.15) is 13.3 Å². The Balaban J connectivity index is 4.24. The highest BCUT2D eigenvalue weighted by Crippen LogP contribution is 2.01. The number of ether oxygens (including phenoxy) is 2. The second kappa shape index (κ2) is 10.3. The minimum absolute atomic E-state index is 0.449. The number of carboxylic acids is 1. The molecule has 0 saturated carbocycles. The van der Waals surface area contributed by atoms with Crippen molar-refractivity contribution in [2.24, 2.45) is 0 Å². The van der Waals surface area contributed by atoms with Gasteiger partial charge in [-0.1, -0.05) is 13.0 Å². The van der Waals surface area contributed by atoms with E-state index in [1.54, 1.807) is 20.3 Å². The van der Waals surface area contributed by atoms with E-state index < -0.39 is 5.97 Å². The summed E-state index contributed by atoms with van der Waals surface area (Å²) in [6.45, 7) is 5.26. The monoisotopic (exact) mass is 245 g/mol. The molecule has 5 nitrogen and oxygen atoms in total. The van der Waals surface area contributed by atoms with E-state index in [4.69, 9.17) is 14.6 Å². The number of carbonyl (C=O) groups is 1. The van der Waals surface area contributed by atoms with Crippen LogP contribution in [0, 0.1) is 0 Å². The number of hydrogen-bond donors (Lipinski definition) is 1.